The quantitative estimate of drug-likeness (QED) is 0.0428. The Morgan fingerprint density at radius 1 is 0.737 bits per heavy atom. The van der Waals surface area contributed by atoms with Crippen LogP contribution in [0.15, 0.2) is 143 Å². The number of nitrogen functional groups attached to an aromatic ring is 1. The molecule has 1 aromatic heterocycles. The second-order valence-electron chi connectivity index (χ2n) is 13.9. The lowest BCUT2D eigenvalue weighted by molar-refractivity contribution is -0.245. The average Bonchev–Trinajstić information content (AvgIpc) is 3.70. The van der Waals surface area contributed by atoms with Crippen LogP contribution in [0.2, 0.25) is 0 Å². The number of rotatable bonds is 16. The standard InChI is InChI=1S/C46H46N4O6S/c47-38-15-7-8-16-39(38)49-42(53)18-10-9-17-41(52)48-28-31-19-25-36(26-20-31)45-54-37(27-40(55-45)33-23-21-32(29-51)22-24-33)30-57-46-50-43(34-11-3-1-4-12-34)44(56-46)35-13-5-2-6-14-35/h1-8,11-16,19-26,37,40,45,51H,9-10,17-18,27-30,47H2,(H,48,52)(H,49,53). The van der Waals surface area contributed by atoms with Crippen LogP contribution >= 0.6 is 11.8 Å². The molecule has 1 aliphatic rings. The molecule has 5 N–H and O–H groups in total. The van der Waals surface area contributed by atoms with Crippen LogP contribution in [0.5, 0.6) is 0 Å². The van der Waals surface area contributed by atoms with Crippen molar-refractivity contribution < 1.29 is 28.6 Å². The van der Waals surface area contributed by atoms with Gasteiger partial charge in [-0.1, -0.05) is 133 Å². The Morgan fingerprint density at radius 2 is 1.37 bits per heavy atom. The second kappa shape index (κ2) is 19.4. The van der Waals surface area contributed by atoms with Gasteiger partial charge in [-0.15, -0.1) is 0 Å². The minimum absolute atomic E-state index is 0.0279. The molecule has 7 rings (SSSR count). The zero-order valence-electron chi connectivity index (χ0n) is 31.5. The van der Waals surface area contributed by atoms with E-state index in [4.69, 9.17) is 24.6 Å². The zero-order valence-corrected chi connectivity index (χ0v) is 32.3. The highest BCUT2D eigenvalue weighted by Gasteiger charge is 2.33. The Balaban J connectivity index is 0.961. The van der Waals surface area contributed by atoms with Gasteiger partial charge in [-0.25, -0.2) is 4.98 Å². The molecule has 3 atom stereocenters. The number of thioether (sulfide) groups is 1. The normalized spacial score (nSPS) is 16.5. The third-order valence-electron chi connectivity index (χ3n) is 9.73. The van der Waals surface area contributed by atoms with Crippen LogP contribution in [0.1, 0.15) is 66.8 Å². The van der Waals surface area contributed by atoms with Crippen LogP contribution in [0, 0.1) is 0 Å². The molecule has 0 aliphatic carbocycles. The first-order valence-electron chi connectivity index (χ1n) is 19.2. The van der Waals surface area contributed by atoms with Gasteiger partial charge in [-0.2, -0.15) is 0 Å². The van der Waals surface area contributed by atoms with E-state index in [0.717, 1.165) is 44.8 Å². The summed E-state index contributed by atoms with van der Waals surface area (Å²) in [5.41, 5.74) is 13.4. The number of anilines is 2. The number of nitrogens with zero attached hydrogens (tertiary/aromatic N) is 1. The summed E-state index contributed by atoms with van der Waals surface area (Å²) in [6, 6.07) is 42.9. The minimum atomic E-state index is -0.629. The van der Waals surface area contributed by atoms with E-state index in [1.54, 1.807) is 12.1 Å². The molecular weight excluding hydrogens is 737 g/mol. The van der Waals surface area contributed by atoms with Crippen LogP contribution in [-0.4, -0.2) is 33.8 Å². The molecule has 3 unspecified atom stereocenters. The maximum absolute atomic E-state index is 12.6. The summed E-state index contributed by atoms with van der Waals surface area (Å²) in [5.74, 6) is 1.12. The number of aliphatic hydroxyl groups is 1. The maximum atomic E-state index is 12.6. The summed E-state index contributed by atoms with van der Waals surface area (Å²) in [4.78, 5) is 29.8. The van der Waals surface area contributed by atoms with Crippen LogP contribution in [0.4, 0.5) is 11.4 Å². The van der Waals surface area contributed by atoms with Gasteiger partial charge in [0, 0.05) is 48.3 Å². The number of benzene rings is 5. The van der Waals surface area contributed by atoms with Crippen molar-refractivity contribution in [3.05, 3.63) is 156 Å². The number of carbonyl (C=O) groups excluding carboxylic acids is 2. The van der Waals surface area contributed by atoms with Crippen molar-refractivity contribution in [1.29, 1.82) is 0 Å². The number of nitrogens with one attached hydrogen (secondary N) is 2. The monoisotopic (exact) mass is 782 g/mol. The summed E-state index contributed by atoms with van der Waals surface area (Å²) in [5, 5.41) is 16.0. The third-order valence-corrected chi connectivity index (χ3v) is 10.7. The van der Waals surface area contributed by atoms with Gasteiger partial charge >= 0.3 is 0 Å². The second-order valence-corrected chi connectivity index (χ2v) is 14.9. The Bertz CT molecular complexity index is 2160. The summed E-state index contributed by atoms with van der Waals surface area (Å²) in [6.07, 6.45) is 1.39. The fourth-order valence-electron chi connectivity index (χ4n) is 6.60. The Kier molecular flexibility index (Phi) is 13.5. The molecule has 57 heavy (non-hydrogen) atoms. The van der Waals surface area contributed by atoms with Gasteiger partial charge in [-0.3, -0.25) is 9.59 Å². The van der Waals surface area contributed by atoms with Gasteiger partial charge < -0.3 is 35.4 Å². The topological polar surface area (TPSA) is 149 Å². The molecular formula is C46H46N4O6S. The largest absolute Gasteiger partial charge is 0.431 e. The number of unbranched alkanes of at least 4 members (excludes halogenated alkanes) is 1. The molecule has 0 saturated carbocycles. The smallest absolute Gasteiger partial charge is 0.256 e. The summed E-state index contributed by atoms with van der Waals surface area (Å²) < 4.78 is 19.6. The first kappa shape index (κ1) is 39.5. The number of para-hydroxylation sites is 2. The van der Waals surface area contributed by atoms with Crippen LogP contribution in [-0.2, 0) is 32.2 Å². The number of oxazole rings is 1. The van der Waals surface area contributed by atoms with Crippen molar-refractivity contribution in [2.75, 3.05) is 16.8 Å². The minimum Gasteiger partial charge on any atom is -0.431 e. The number of hydrogen-bond acceptors (Lipinski definition) is 9. The Hall–Kier alpha value is -5.72. The number of hydrogen-bond donors (Lipinski definition) is 4. The molecule has 1 fully saturated rings. The molecule has 1 saturated heterocycles. The predicted octanol–water partition coefficient (Wildman–Crippen LogP) is 9.24. The highest BCUT2D eigenvalue weighted by molar-refractivity contribution is 7.99. The van der Waals surface area contributed by atoms with E-state index in [0.29, 0.717) is 61.0 Å². The number of ether oxygens (including phenoxy) is 2. The molecule has 292 valence electrons. The molecule has 1 aliphatic heterocycles. The molecule has 2 heterocycles. The van der Waals surface area contributed by atoms with Crippen molar-refractivity contribution in [3.8, 4) is 22.6 Å². The van der Waals surface area contributed by atoms with E-state index in [2.05, 4.69) is 10.6 Å². The molecule has 0 spiro atoms. The van der Waals surface area contributed by atoms with Gasteiger partial charge in [-0.05, 0) is 41.7 Å². The Labute approximate surface area is 336 Å². The highest BCUT2D eigenvalue weighted by atomic mass is 32.2. The van der Waals surface area contributed by atoms with Crippen LogP contribution < -0.4 is 16.4 Å². The lowest BCUT2D eigenvalue weighted by Crippen LogP contribution is -2.31. The molecule has 0 radical (unpaired) electrons. The predicted molar refractivity (Wildman–Crippen MR) is 223 cm³/mol. The summed E-state index contributed by atoms with van der Waals surface area (Å²) >= 11 is 1.52. The fraction of sp³-hybridized carbons (Fsp3) is 0.239. The molecule has 5 aromatic carbocycles. The molecule has 0 bridgehead atoms. The van der Waals surface area contributed by atoms with Crippen molar-refractivity contribution in [3.63, 3.8) is 0 Å². The van der Waals surface area contributed by atoms with Crippen LogP contribution in [0.3, 0.4) is 0 Å². The van der Waals surface area contributed by atoms with E-state index < -0.39 is 6.29 Å². The van der Waals surface area contributed by atoms with Crippen molar-refractivity contribution in [2.24, 2.45) is 0 Å². The third kappa shape index (κ3) is 10.8. The molecule has 11 heteroatoms. The maximum Gasteiger partial charge on any atom is 0.256 e. The van der Waals surface area contributed by atoms with Gasteiger partial charge in [0.15, 0.2) is 12.1 Å². The molecule has 10 nitrogen and oxygen atoms in total. The number of carbonyl (C=O) groups is 2. The number of nitrogens with two attached hydrogens (primary N) is 1. The Morgan fingerprint density at radius 3 is 2.07 bits per heavy atom. The van der Waals surface area contributed by atoms with E-state index in [9.17, 15) is 14.7 Å². The highest BCUT2D eigenvalue weighted by Crippen LogP contribution is 2.41. The first-order chi connectivity index (χ1) is 27.9. The van der Waals surface area contributed by atoms with Gasteiger partial charge in [0.1, 0.15) is 5.69 Å². The summed E-state index contributed by atoms with van der Waals surface area (Å²) in [6.45, 7) is 0.352. The summed E-state index contributed by atoms with van der Waals surface area (Å²) in [7, 11) is 0. The van der Waals surface area contributed by atoms with E-state index >= 15 is 0 Å². The van der Waals surface area contributed by atoms with E-state index in [1.807, 2.05) is 121 Å². The van der Waals surface area contributed by atoms with Crippen molar-refractivity contribution in [1.82, 2.24) is 10.3 Å². The fourth-order valence-corrected chi connectivity index (χ4v) is 7.44. The molecule has 2 amide bonds. The average molecular weight is 783 g/mol. The molecule has 6 aromatic rings. The van der Waals surface area contributed by atoms with E-state index in [-0.39, 0.29) is 30.6 Å². The van der Waals surface area contributed by atoms with Gasteiger partial charge in [0.2, 0.25) is 11.8 Å². The number of amides is 2. The van der Waals surface area contributed by atoms with Gasteiger partial charge in [0.05, 0.1) is 30.2 Å². The lowest BCUT2D eigenvalue weighted by atomic mass is 10.0. The van der Waals surface area contributed by atoms with Crippen LogP contribution in [0.25, 0.3) is 22.6 Å². The number of aliphatic hydroxyl groups excluding tert-OH is 1. The zero-order chi connectivity index (χ0) is 39.4. The van der Waals surface area contributed by atoms with Crippen molar-refractivity contribution in [2.45, 2.75) is 69.0 Å². The van der Waals surface area contributed by atoms with Gasteiger partial charge in [0.25, 0.3) is 5.22 Å². The SMILES string of the molecule is Nc1ccccc1NC(=O)CCCCC(=O)NCc1ccc(C2OC(CSc3nc(-c4ccccc4)c(-c4ccccc4)o3)CC(c3ccc(CO)cc3)O2)cc1. The van der Waals surface area contributed by atoms with E-state index in [1.165, 1.54) is 11.8 Å². The first-order valence-corrected chi connectivity index (χ1v) is 20.2. The van der Waals surface area contributed by atoms with Crippen molar-refractivity contribution >= 4 is 35.0 Å². The lowest BCUT2D eigenvalue weighted by Gasteiger charge is -2.36. The number of aromatic nitrogens is 1.